The van der Waals surface area contributed by atoms with Crippen LogP contribution in [0.2, 0.25) is 0 Å². The number of carbonyl (C=O) groups excluding carboxylic acids is 1. The lowest BCUT2D eigenvalue weighted by atomic mass is 9.88. The summed E-state index contributed by atoms with van der Waals surface area (Å²) >= 11 is 0. The van der Waals surface area contributed by atoms with Gasteiger partial charge in [0.2, 0.25) is 5.91 Å². The van der Waals surface area contributed by atoms with E-state index in [1.165, 1.54) is 38.5 Å². The number of amides is 1. The number of rotatable bonds is 10. The van der Waals surface area contributed by atoms with Gasteiger partial charge in [0, 0.05) is 11.1 Å². The number of nitrogens with one attached hydrogen (secondary N) is 2. The summed E-state index contributed by atoms with van der Waals surface area (Å²) in [6, 6.07) is 12.4. The molecule has 1 aliphatic rings. The Bertz CT molecular complexity index is 865. The zero-order chi connectivity index (χ0) is 20.7. The van der Waals surface area contributed by atoms with Gasteiger partial charge < -0.3 is 10.2 Å². The number of carbonyl (C=O) groups is 1. The topological polar surface area (TPSA) is 50.4 Å². The molecule has 1 fully saturated rings. The second-order valence-corrected chi connectivity index (χ2v) is 8.43. The van der Waals surface area contributed by atoms with Crippen LogP contribution in [-0.4, -0.2) is 12.5 Å². The number of hydrazine groups is 1. The van der Waals surface area contributed by atoms with Crippen molar-refractivity contribution >= 4 is 22.8 Å². The summed E-state index contributed by atoms with van der Waals surface area (Å²) in [7, 11) is 0. The van der Waals surface area contributed by atoms with Gasteiger partial charge >= 0.3 is 0 Å². The minimum Gasteiger partial charge on any atom is -0.493 e. The predicted molar refractivity (Wildman–Crippen MR) is 120 cm³/mol. The molecule has 3 rings (SSSR count). The van der Waals surface area contributed by atoms with Crippen molar-refractivity contribution in [2.24, 2.45) is 5.41 Å². The Kier molecular flexibility index (Phi) is 7.18. The van der Waals surface area contributed by atoms with Crippen molar-refractivity contribution in [2.45, 2.75) is 65.7 Å². The fourth-order valence-electron chi connectivity index (χ4n) is 3.75. The summed E-state index contributed by atoms with van der Waals surface area (Å²) in [6.45, 7) is 6.84. The van der Waals surface area contributed by atoms with Crippen LogP contribution in [0, 0.1) is 5.41 Å². The maximum absolute atomic E-state index is 12.1. The molecule has 0 saturated carbocycles. The van der Waals surface area contributed by atoms with Crippen molar-refractivity contribution in [1.29, 1.82) is 0 Å². The van der Waals surface area contributed by atoms with Crippen LogP contribution in [0.1, 0.15) is 71.3 Å². The Morgan fingerprint density at radius 1 is 0.931 bits per heavy atom. The Morgan fingerprint density at radius 3 is 2.31 bits per heavy atom. The van der Waals surface area contributed by atoms with Crippen molar-refractivity contribution < 1.29 is 9.53 Å². The van der Waals surface area contributed by atoms with E-state index in [0.717, 1.165) is 40.8 Å². The molecule has 0 aliphatic carbocycles. The van der Waals surface area contributed by atoms with Crippen molar-refractivity contribution in [3.8, 4) is 5.75 Å². The van der Waals surface area contributed by atoms with Gasteiger partial charge in [-0.2, -0.15) is 0 Å². The smallest absolute Gasteiger partial charge is 0.249 e. The molecule has 0 aromatic heterocycles. The minimum atomic E-state index is -0.574. The molecule has 156 valence electrons. The summed E-state index contributed by atoms with van der Waals surface area (Å²) in [5.74, 6) is 0.899. The van der Waals surface area contributed by atoms with Gasteiger partial charge in [0.05, 0.1) is 12.0 Å². The number of benzene rings is 2. The molecule has 0 spiro atoms. The first kappa shape index (κ1) is 21.2. The van der Waals surface area contributed by atoms with Crippen LogP contribution in [-0.2, 0) is 4.79 Å². The molecule has 2 aromatic carbocycles. The maximum Gasteiger partial charge on any atom is 0.249 e. The number of unbranched alkanes of at least 4 members (excludes halogenated alkanes) is 6. The van der Waals surface area contributed by atoms with Gasteiger partial charge in [-0.25, -0.2) is 0 Å². The van der Waals surface area contributed by atoms with Gasteiger partial charge in [-0.1, -0.05) is 75.8 Å². The second-order valence-electron chi connectivity index (χ2n) is 8.43. The monoisotopic (exact) mass is 394 g/mol. The van der Waals surface area contributed by atoms with E-state index in [9.17, 15) is 4.79 Å². The van der Waals surface area contributed by atoms with Crippen molar-refractivity contribution in [3.05, 3.63) is 47.7 Å². The van der Waals surface area contributed by atoms with Crippen LogP contribution >= 0.6 is 0 Å². The van der Waals surface area contributed by atoms with Crippen LogP contribution in [0.25, 0.3) is 16.8 Å². The summed E-state index contributed by atoms with van der Waals surface area (Å²) < 4.78 is 6.19. The van der Waals surface area contributed by atoms with Gasteiger partial charge in [0.25, 0.3) is 0 Å². The highest BCUT2D eigenvalue weighted by Crippen LogP contribution is 2.34. The van der Waals surface area contributed by atoms with E-state index in [1.807, 2.05) is 32.0 Å². The summed E-state index contributed by atoms with van der Waals surface area (Å²) in [5.41, 5.74) is 7.11. The highest BCUT2D eigenvalue weighted by atomic mass is 16.5. The lowest BCUT2D eigenvalue weighted by Crippen LogP contribution is -2.28. The lowest BCUT2D eigenvalue weighted by molar-refractivity contribution is -0.125. The first-order valence-corrected chi connectivity index (χ1v) is 11.0. The molecule has 1 aliphatic heterocycles. The van der Waals surface area contributed by atoms with Crippen LogP contribution in [0.3, 0.4) is 0 Å². The summed E-state index contributed by atoms with van der Waals surface area (Å²) in [6.07, 6.45) is 11.0. The zero-order valence-electron chi connectivity index (χ0n) is 18.0. The van der Waals surface area contributed by atoms with E-state index >= 15 is 0 Å². The number of fused-ring (bicyclic) bond motifs is 1. The molecule has 2 aromatic rings. The number of hydrogen-bond acceptors (Lipinski definition) is 3. The van der Waals surface area contributed by atoms with Crippen molar-refractivity contribution in [2.75, 3.05) is 6.61 Å². The van der Waals surface area contributed by atoms with E-state index in [4.69, 9.17) is 4.74 Å². The first-order chi connectivity index (χ1) is 14.0. The van der Waals surface area contributed by atoms with Crippen LogP contribution in [0.5, 0.6) is 5.75 Å². The third-order valence-electron chi connectivity index (χ3n) is 5.76. The van der Waals surface area contributed by atoms with Crippen molar-refractivity contribution in [3.63, 3.8) is 0 Å². The molecule has 0 unspecified atom stereocenters. The van der Waals surface area contributed by atoms with Gasteiger partial charge in [0.15, 0.2) is 0 Å². The summed E-state index contributed by atoms with van der Waals surface area (Å²) in [5, 5.41) is 2.24. The number of ether oxygens (including phenoxy) is 1. The average Bonchev–Trinajstić information content (AvgIpc) is 2.96. The van der Waals surface area contributed by atoms with Crippen molar-refractivity contribution in [1.82, 2.24) is 10.9 Å². The Balaban J connectivity index is 1.72. The molecule has 0 bridgehead atoms. The number of hydrogen-bond donors (Lipinski definition) is 2. The second kappa shape index (κ2) is 9.82. The molecular weight excluding hydrogens is 360 g/mol. The zero-order valence-corrected chi connectivity index (χ0v) is 18.0. The van der Waals surface area contributed by atoms with Crippen LogP contribution in [0.4, 0.5) is 0 Å². The summed E-state index contributed by atoms with van der Waals surface area (Å²) in [4.78, 5) is 12.1. The van der Waals surface area contributed by atoms with E-state index in [1.54, 1.807) is 0 Å². The molecular formula is C25H34N2O2. The van der Waals surface area contributed by atoms with E-state index in [2.05, 4.69) is 42.1 Å². The fourth-order valence-corrected chi connectivity index (χ4v) is 3.75. The normalized spacial score (nSPS) is 16.8. The predicted octanol–water partition coefficient (Wildman–Crippen LogP) is 5.97. The maximum atomic E-state index is 12.1. The van der Waals surface area contributed by atoms with E-state index in [-0.39, 0.29) is 5.91 Å². The Morgan fingerprint density at radius 2 is 1.62 bits per heavy atom. The Hall–Kier alpha value is -2.49. The molecule has 1 heterocycles. The Labute approximate surface area is 174 Å². The van der Waals surface area contributed by atoms with Gasteiger partial charge in [-0.05, 0) is 43.4 Å². The van der Waals surface area contributed by atoms with Gasteiger partial charge in [0.1, 0.15) is 5.75 Å². The largest absolute Gasteiger partial charge is 0.493 e. The average molecular weight is 395 g/mol. The fraction of sp³-hybridized carbons (Fsp3) is 0.480. The highest BCUT2D eigenvalue weighted by molar-refractivity contribution is 5.97. The van der Waals surface area contributed by atoms with E-state index in [0.29, 0.717) is 0 Å². The quantitative estimate of drug-likeness (QED) is 0.488. The molecule has 1 amide bonds. The van der Waals surface area contributed by atoms with Crippen LogP contribution < -0.4 is 15.6 Å². The lowest BCUT2D eigenvalue weighted by Gasteiger charge is -2.16. The molecule has 29 heavy (non-hydrogen) atoms. The first-order valence-electron chi connectivity index (χ1n) is 11.0. The standard InChI is InChI=1S/C25H34N2O2/c1-4-5-6-7-8-9-10-17-29-21-16-12-14-19-13-11-15-20(23(19)21)18-22-25(2,3)24(28)27-26-22/h11-16,18,26H,4-10,17H2,1-3H3,(H,27,28)/b22-18-. The molecule has 4 heteroatoms. The molecule has 0 atom stereocenters. The third kappa shape index (κ3) is 5.11. The third-order valence-corrected chi connectivity index (χ3v) is 5.76. The molecule has 4 nitrogen and oxygen atoms in total. The highest BCUT2D eigenvalue weighted by Gasteiger charge is 2.37. The molecule has 0 radical (unpaired) electrons. The SMILES string of the molecule is CCCCCCCCCOc1cccc2cccc(/C=C3\NNC(=O)C3(C)C)c12. The van der Waals surface area contributed by atoms with Crippen LogP contribution in [0.15, 0.2) is 42.1 Å². The van der Waals surface area contributed by atoms with E-state index < -0.39 is 5.41 Å². The molecule has 1 saturated heterocycles. The molecule has 2 N–H and O–H groups in total. The van der Waals surface area contributed by atoms with Gasteiger partial charge in [-0.3, -0.25) is 10.2 Å². The van der Waals surface area contributed by atoms with Gasteiger partial charge in [-0.15, -0.1) is 0 Å². The minimum absolute atomic E-state index is 0.0144.